The lowest BCUT2D eigenvalue weighted by Crippen LogP contribution is -2.58. The summed E-state index contributed by atoms with van der Waals surface area (Å²) in [4.78, 5) is 37.8. The summed E-state index contributed by atoms with van der Waals surface area (Å²) in [5.41, 5.74) is -2.07. The highest BCUT2D eigenvalue weighted by Gasteiger charge is 2.23. The van der Waals surface area contributed by atoms with Crippen molar-refractivity contribution in [3.63, 3.8) is 0 Å². The van der Waals surface area contributed by atoms with Crippen LogP contribution in [0.15, 0.2) is 27.0 Å². The zero-order valence-corrected chi connectivity index (χ0v) is 16.6. The van der Waals surface area contributed by atoms with E-state index in [0.717, 1.165) is 34.8 Å². The van der Waals surface area contributed by atoms with E-state index in [1.54, 1.807) is 20.8 Å². The van der Waals surface area contributed by atoms with Gasteiger partial charge < -0.3 is 0 Å². The first kappa shape index (κ1) is 21.2. The fraction of sp³-hybridized carbons (Fsp3) is 0.737. The van der Waals surface area contributed by atoms with E-state index in [1.165, 1.54) is 10.6 Å². The molecule has 6 heteroatoms. The van der Waals surface area contributed by atoms with Crippen LogP contribution in [-0.4, -0.2) is 13.7 Å². The van der Waals surface area contributed by atoms with Crippen LogP contribution in [0.5, 0.6) is 0 Å². The molecule has 0 aliphatic rings. The van der Waals surface area contributed by atoms with Gasteiger partial charge in [0.1, 0.15) is 0 Å². The summed E-state index contributed by atoms with van der Waals surface area (Å²) in [6, 6.07) is 0. The van der Waals surface area contributed by atoms with Crippen LogP contribution >= 0.6 is 0 Å². The average Bonchev–Trinajstić information content (AvgIpc) is 2.43. The third-order valence-electron chi connectivity index (χ3n) is 4.10. The minimum absolute atomic E-state index is 0.0953. The molecule has 0 N–H and O–H groups in total. The Bertz CT molecular complexity index is 768. The summed E-state index contributed by atoms with van der Waals surface area (Å²) in [6.07, 6.45) is 5.33. The molecule has 0 bridgehead atoms. The van der Waals surface area contributed by atoms with Crippen LogP contribution in [-0.2, 0) is 18.6 Å². The van der Waals surface area contributed by atoms with Crippen LogP contribution < -0.4 is 17.1 Å². The number of allylic oxidation sites excluding steroid dienone is 1. The Balaban J connectivity index is 3.17. The Morgan fingerprint density at radius 2 is 1.40 bits per heavy atom. The number of nitrogens with zero attached hydrogens (tertiary/aromatic N) is 3. The number of aromatic nitrogens is 3. The van der Waals surface area contributed by atoms with Crippen molar-refractivity contribution >= 4 is 0 Å². The van der Waals surface area contributed by atoms with E-state index in [1.807, 2.05) is 0 Å². The van der Waals surface area contributed by atoms with Crippen molar-refractivity contribution < 1.29 is 0 Å². The number of hydrogen-bond donors (Lipinski definition) is 0. The van der Waals surface area contributed by atoms with Gasteiger partial charge in [0.15, 0.2) is 0 Å². The number of hydrogen-bond acceptors (Lipinski definition) is 3. The van der Waals surface area contributed by atoms with E-state index in [9.17, 15) is 14.4 Å². The van der Waals surface area contributed by atoms with E-state index in [2.05, 4.69) is 27.4 Å². The molecule has 0 saturated carbocycles. The maximum Gasteiger partial charge on any atom is 0.337 e. The number of rotatable bonds is 7. The third-order valence-corrected chi connectivity index (χ3v) is 4.10. The normalized spacial score (nSPS) is 12.4. The maximum atomic E-state index is 12.7. The van der Waals surface area contributed by atoms with E-state index in [-0.39, 0.29) is 12.0 Å². The van der Waals surface area contributed by atoms with Gasteiger partial charge >= 0.3 is 17.1 Å². The van der Waals surface area contributed by atoms with Crippen molar-refractivity contribution in [3.8, 4) is 0 Å². The summed E-state index contributed by atoms with van der Waals surface area (Å²) >= 11 is 0. The molecule has 1 aromatic heterocycles. The van der Waals surface area contributed by atoms with Gasteiger partial charge in [0.2, 0.25) is 0 Å². The maximum absolute atomic E-state index is 12.7. The van der Waals surface area contributed by atoms with Gasteiger partial charge in [-0.15, -0.1) is 6.58 Å². The second kappa shape index (κ2) is 8.02. The van der Waals surface area contributed by atoms with Gasteiger partial charge in [-0.25, -0.2) is 28.1 Å². The molecule has 0 aliphatic carbocycles. The predicted octanol–water partition coefficient (Wildman–Crippen LogP) is 2.72. The molecule has 1 heterocycles. The molecule has 6 nitrogen and oxygen atoms in total. The van der Waals surface area contributed by atoms with Crippen LogP contribution in [0, 0.1) is 5.41 Å². The first-order chi connectivity index (χ1) is 11.4. The molecular weight excluding hydrogens is 318 g/mol. The number of unbranched alkanes of at least 4 members (excludes halogenated alkanes) is 2. The van der Waals surface area contributed by atoms with Crippen molar-refractivity contribution in [1.29, 1.82) is 0 Å². The Hall–Kier alpha value is -1.85. The highest BCUT2D eigenvalue weighted by molar-refractivity contribution is 4.87. The van der Waals surface area contributed by atoms with Gasteiger partial charge in [0.25, 0.3) is 0 Å². The Morgan fingerprint density at radius 3 is 1.88 bits per heavy atom. The molecule has 0 aliphatic heterocycles. The standard InChI is InChI=1S/C19H33N3O3/c1-8-13-20-15(23)21(14-11-9-10-12-18(2,3)4)17(25)22(16(20)24)19(5,6)7/h8H,1,9-14H2,2-7H3. The Kier molecular flexibility index (Phi) is 6.80. The fourth-order valence-corrected chi connectivity index (χ4v) is 2.79. The van der Waals surface area contributed by atoms with Crippen LogP contribution in [0.4, 0.5) is 0 Å². The quantitative estimate of drug-likeness (QED) is 0.560. The van der Waals surface area contributed by atoms with Crippen molar-refractivity contribution in [2.75, 3.05) is 0 Å². The predicted molar refractivity (Wildman–Crippen MR) is 102 cm³/mol. The minimum Gasteiger partial charge on any atom is -0.247 e. The molecule has 0 amide bonds. The first-order valence-electron chi connectivity index (χ1n) is 8.98. The molecule has 142 valence electrons. The van der Waals surface area contributed by atoms with Crippen molar-refractivity contribution in [3.05, 3.63) is 44.1 Å². The van der Waals surface area contributed by atoms with Crippen LogP contribution in [0.3, 0.4) is 0 Å². The highest BCUT2D eigenvalue weighted by atomic mass is 16.2. The topological polar surface area (TPSA) is 66.0 Å². The molecule has 0 radical (unpaired) electrons. The third kappa shape index (κ3) is 5.58. The fourth-order valence-electron chi connectivity index (χ4n) is 2.79. The van der Waals surface area contributed by atoms with Crippen molar-refractivity contribution in [2.45, 2.75) is 85.9 Å². The Morgan fingerprint density at radius 1 is 0.840 bits per heavy atom. The van der Waals surface area contributed by atoms with E-state index in [0.29, 0.717) is 6.54 Å². The van der Waals surface area contributed by atoms with Crippen LogP contribution in [0.25, 0.3) is 0 Å². The smallest absolute Gasteiger partial charge is 0.247 e. The second-order valence-electron chi connectivity index (χ2n) is 8.78. The minimum atomic E-state index is -0.696. The molecule has 0 atom stereocenters. The van der Waals surface area contributed by atoms with Gasteiger partial charge in [0, 0.05) is 12.1 Å². The van der Waals surface area contributed by atoms with E-state index < -0.39 is 22.6 Å². The Labute approximate surface area is 149 Å². The summed E-state index contributed by atoms with van der Waals surface area (Å²) in [5, 5.41) is 0. The van der Waals surface area contributed by atoms with Crippen LogP contribution in [0.1, 0.15) is 67.2 Å². The van der Waals surface area contributed by atoms with E-state index in [4.69, 9.17) is 0 Å². The lowest BCUT2D eigenvalue weighted by Gasteiger charge is -2.23. The van der Waals surface area contributed by atoms with Gasteiger partial charge in [-0.3, -0.25) is 0 Å². The molecule has 0 unspecified atom stereocenters. The largest absolute Gasteiger partial charge is 0.337 e. The molecular formula is C19H33N3O3. The van der Waals surface area contributed by atoms with Crippen molar-refractivity contribution in [2.24, 2.45) is 5.41 Å². The van der Waals surface area contributed by atoms with Gasteiger partial charge in [0.05, 0.1) is 6.54 Å². The van der Waals surface area contributed by atoms with Crippen molar-refractivity contribution in [1.82, 2.24) is 13.7 Å². The second-order valence-corrected chi connectivity index (χ2v) is 8.78. The van der Waals surface area contributed by atoms with Gasteiger partial charge in [-0.05, 0) is 39.0 Å². The molecule has 0 aromatic carbocycles. The molecule has 0 fully saturated rings. The molecule has 25 heavy (non-hydrogen) atoms. The lowest BCUT2D eigenvalue weighted by atomic mass is 9.89. The van der Waals surface area contributed by atoms with E-state index >= 15 is 0 Å². The summed E-state index contributed by atoms with van der Waals surface area (Å²) in [6.45, 7) is 16.0. The van der Waals surface area contributed by atoms with Crippen LogP contribution in [0.2, 0.25) is 0 Å². The van der Waals surface area contributed by atoms with Gasteiger partial charge in [-0.1, -0.05) is 39.7 Å². The SMILES string of the molecule is C=CCn1c(=O)n(CCCCCC(C)(C)C)c(=O)n(C(C)(C)C)c1=O. The average molecular weight is 351 g/mol. The highest BCUT2D eigenvalue weighted by Crippen LogP contribution is 2.21. The molecule has 1 rings (SSSR count). The summed E-state index contributed by atoms with van der Waals surface area (Å²) < 4.78 is 3.43. The lowest BCUT2D eigenvalue weighted by molar-refractivity contribution is 0.318. The molecule has 1 aromatic rings. The first-order valence-corrected chi connectivity index (χ1v) is 8.98. The molecule has 0 spiro atoms. The zero-order chi connectivity index (χ0) is 19.4. The summed E-state index contributed by atoms with van der Waals surface area (Å²) in [5.74, 6) is 0. The molecule has 0 saturated heterocycles. The zero-order valence-electron chi connectivity index (χ0n) is 16.6. The summed E-state index contributed by atoms with van der Waals surface area (Å²) in [7, 11) is 0. The van der Waals surface area contributed by atoms with Gasteiger partial charge in [-0.2, -0.15) is 0 Å². The monoisotopic (exact) mass is 351 g/mol.